The number of carbonyl (C=O) groups is 3. The molecule has 0 radical (unpaired) electrons. The molecule has 2 saturated heterocycles. The quantitative estimate of drug-likeness (QED) is 0.226. The monoisotopic (exact) mass is 448 g/mol. The number of carbonyl (C=O) groups excluding carboxylic acids is 3. The maximum atomic E-state index is 12.4. The minimum Gasteiger partial charge on any atom is -0.461 e. The number of ether oxygens (including phenoxy) is 4. The van der Waals surface area contributed by atoms with Gasteiger partial charge in [-0.15, -0.1) is 0 Å². The van der Waals surface area contributed by atoms with E-state index in [4.69, 9.17) is 18.9 Å². The highest BCUT2D eigenvalue weighted by molar-refractivity contribution is 5.91. The summed E-state index contributed by atoms with van der Waals surface area (Å²) in [4.78, 5) is 35.8. The van der Waals surface area contributed by atoms with Gasteiger partial charge < -0.3 is 24.1 Å². The van der Waals surface area contributed by atoms with Gasteiger partial charge in [-0.1, -0.05) is 24.3 Å². The molecule has 7 atom stereocenters. The van der Waals surface area contributed by atoms with Crippen molar-refractivity contribution in [3.8, 4) is 0 Å². The Bertz CT molecular complexity index is 871. The van der Waals surface area contributed by atoms with Gasteiger partial charge in [0, 0.05) is 32.3 Å². The fourth-order valence-electron chi connectivity index (χ4n) is 4.55. The Labute approximate surface area is 188 Å². The largest absolute Gasteiger partial charge is 0.461 e. The Morgan fingerprint density at radius 1 is 1.16 bits per heavy atom. The van der Waals surface area contributed by atoms with Crippen LogP contribution in [-0.2, 0) is 33.3 Å². The van der Waals surface area contributed by atoms with Crippen LogP contribution in [0.2, 0.25) is 0 Å². The third-order valence-corrected chi connectivity index (χ3v) is 6.51. The number of esters is 3. The normalized spacial score (nSPS) is 40.9. The lowest BCUT2D eigenvalue weighted by Gasteiger charge is -2.28. The second-order valence-corrected chi connectivity index (χ2v) is 9.08. The topological polar surface area (TPSA) is 112 Å². The lowest BCUT2D eigenvalue weighted by molar-refractivity contribution is -0.150. The molecule has 0 saturated carbocycles. The second-order valence-electron chi connectivity index (χ2n) is 9.08. The zero-order valence-electron chi connectivity index (χ0n) is 19.3. The van der Waals surface area contributed by atoms with Crippen molar-refractivity contribution >= 4 is 17.9 Å². The molecule has 0 aromatic rings. The molecule has 0 spiro atoms. The fourth-order valence-corrected chi connectivity index (χ4v) is 4.55. The summed E-state index contributed by atoms with van der Waals surface area (Å²) in [6, 6.07) is 0. The van der Waals surface area contributed by atoms with Crippen LogP contribution >= 0.6 is 0 Å². The average Bonchev–Trinajstić information content (AvgIpc) is 3.30. The summed E-state index contributed by atoms with van der Waals surface area (Å²) in [5.74, 6) is -2.03. The van der Waals surface area contributed by atoms with Crippen LogP contribution in [0.4, 0.5) is 0 Å². The van der Waals surface area contributed by atoms with Gasteiger partial charge in [-0.2, -0.15) is 0 Å². The molecule has 1 aliphatic carbocycles. The first-order valence-corrected chi connectivity index (χ1v) is 10.9. The van der Waals surface area contributed by atoms with Crippen molar-refractivity contribution in [1.82, 2.24) is 0 Å². The van der Waals surface area contributed by atoms with Crippen molar-refractivity contribution in [2.24, 2.45) is 5.92 Å². The van der Waals surface area contributed by atoms with Crippen molar-refractivity contribution in [2.45, 2.75) is 90.0 Å². The van der Waals surface area contributed by atoms with Gasteiger partial charge in [0.25, 0.3) is 0 Å². The molecule has 2 heterocycles. The van der Waals surface area contributed by atoms with E-state index in [2.05, 4.69) is 6.58 Å². The van der Waals surface area contributed by atoms with Crippen molar-refractivity contribution in [2.75, 3.05) is 0 Å². The number of rotatable bonds is 2. The maximum absolute atomic E-state index is 12.4. The lowest BCUT2D eigenvalue weighted by atomic mass is 9.82. The van der Waals surface area contributed by atoms with E-state index < -0.39 is 59.9 Å². The Hall–Kier alpha value is -2.45. The highest BCUT2D eigenvalue weighted by Gasteiger charge is 2.66. The Morgan fingerprint density at radius 3 is 2.44 bits per heavy atom. The summed E-state index contributed by atoms with van der Waals surface area (Å²) in [6.45, 7) is 12.1. The molecule has 176 valence electrons. The van der Waals surface area contributed by atoms with Gasteiger partial charge in [0.2, 0.25) is 0 Å². The third-order valence-electron chi connectivity index (χ3n) is 6.51. The molecule has 8 nitrogen and oxygen atoms in total. The van der Waals surface area contributed by atoms with Gasteiger partial charge in [0.05, 0.1) is 12.0 Å². The van der Waals surface area contributed by atoms with Gasteiger partial charge in [0.15, 0.2) is 0 Å². The highest BCUT2D eigenvalue weighted by atomic mass is 16.7. The Morgan fingerprint density at radius 2 is 1.81 bits per heavy atom. The SMILES string of the molecule is C=C1C(=O)O[C@H]2[C@H]1[C@H](OC(C)=O)C/C(C)=C/C[C@H](OC(C)=O)/C(C)=C/C[C@@H](O)[C@]1(C)O[C@@H]21. The molecule has 0 amide bonds. The maximum Gasteiger partial charge on any atom is 0.334 e. The van der Waals surface area contributed by atoms with Crippen LogP contribution < -0.4 is 0 Å². The molecule has 0 aromatic carbocycles. The highest BCUT2D eigenvalue weighted by Crippen LogP contribution is 2.50. The zero-order chi connectivity index (χ0) is 23.8. The molecule has 3 aliphatic rings. The second kappa shape index (κ2) is 9.19. The summed E-state index contributed by atoms with van der Waals surface area (Å²) in [5, 5.41) is 10.8. The van der Waals surface area contributed by atoms with Crippen molar-refractivity contribution in [3.63, 3.8) is 0 Å². The molecular formula is C24H32O8. The number of aliphatic hydroxyl groups is 1. The van der Waals surface area contributed by atoms with Gasteiger partial charge in [-0.3, -0.25) is 9.59 Å². The first-order chi connectivity index (χ1) is 14.9. The van der Waals surface area contributed by atoms with E-state index >= 15 is 0 Å². The first kappa shape index (κ1) is 24.2. The van der Waals surface area contributed by atoms with Gasteiger partial charge in [-0.05, 0) is 32.8 Å². The Kier molecular flexibility index (Phi) is 6.95. The predicted molar refractivity (Wildman–Crippen MR) is 114 cm³/mol. The number of aliphatic hydroxyl groups excluding tert-OH is 1. The summed E-state index contributed by atoms with van der Waals surface area (Å²) in [5.41, 5.74) is 1.01. The molecule has 32 heavy (non-hydrogen) atoms. The van der Waals surface area contributed by atoms with Gasteiger partial charge in [0.1, 0.15) is 30.0 Å². The van der Waals surface area contributed by atoms with Crippen molar-refractivity contribution in [1.29, 1.82) is 0 Å². The summed E-state index contributed by atoms with van der Waals surface area (Å²) >= 11 is 0. The van der Waals surface area contributed by atoms with Crippen LogP contribution in [0.1, 0.15) is 53.9 Å². The molecule has 2 fully saturated rings. The molecule has 3 rings (SSSR count). The van der Waals surface area contributed by atoms with E-state index in [0.717, 1.165) is 11.1 Å². The van der Waals surface area contributed by atoms with Crippen LogP contribution in [0.3, 0.4) is 0 Å². The zero-order valence-corrected chi connectivity index (χ0v) is 19.3. The first-order valence-electron chi connectivity index (χ1n) is 10.9. The van der Waals surface area contributed by atoms with E-state index in [1.165, 1.54) is 13.8 Å². The van der Waals surface area contributed by atoms with E-state index in [1.54, 1.807) is 6.92 Å². The molecule has 1 N–H and O–H groups in total. The van der Waals surface area contributed by atoms with Gasteiger partial charge in [-0.25, -0.2) is 4.79 Å². The summed E-state index contributed by atoms with van der Waals surface area (Å²) < 4.78 is 22.5. The molecule has 2 aliphatic heterocycles. The van der Waals surface area contributed by atoms with E-state index in [-0.39, 0.29) is 12.0 Å². The molecular weight excluding hydrogens is 416 g/mol. The lowest BCUT2D eigenvalue weighted by Crippen LogP contribution is -2.40. The smallest absolute Gasteiger partial charge is 0.334 e. The Balaban J connectivity index is 2.00. The average molecular weight is 449 g/mol. The third kappa shape index (κ3) is 4.96. The van der Waals surface area contributed by atoms with E-state index in [1.807, 2.05) is 26.0 Å². The van der Waals surface area contributed by atoms with Crippen LogP contribution in [0, 0.1) is 5.92 Å². The van der Waals surface area contributed by atoms with Crippen LogP contribution in [0.15, 0.2) is 35.5 Å². The molecule has 0 unspecified atom stereocenters. The summed E-state index contributed by atoms with van der Waals surface area (Å²) in [7, 11) is 0. The number of hydrogen-bond acceptors (Lipinski definition) is 8. The number of fused-ring (bicyclic) bond motifs is 3. The van der Waals surface area contributed by atoms with Crippen LogP contribution in [-0.4, -0.2) is 59.1 Å². The minimum absolute atomic E-state index is 0.224. The van der Waals surface area contributed by atoms with Crippen molar-refractivity contribution in [3.05, 3.63) is 35.5 Å². The minimum atomic E-state index is -0.933. The van der Waals surface area contributed by atoms with Crippen molar-refractivity contribution < 1.29 is 38.4 Å². The van der Waals surface area contributed by atoms with E-state index in [9.17, 15) is 19.5 Å². The molecule has 0 bridgehead atoms. The molecule has 0 aromatic heterocycles. The van der Waals surface area contributed by atoms with Gasteiger partial charge >= 0.3 is 17.9 Å². The van der Waals surface area contributed by atoms with Crippen LogP contribution in [0.5, 0.6) is 0 Å². The standard InChI is InChI=1S/C24H32O8/c1-12-7-9-17(29-15(4)25)13(2)8-10-19(27)24(6)22(32-24)21-20(14(3)23(28)31-21)18(11-12)30-16(5)26/h7-8,17-22,27H,3,9-11H2,1-2,4-6H3/b12-7+,13-8+/t17-,18+,19+,20+,21-,22-,24-/m0/s1. The van der Waals surface area contributed by atoms with E-state index in [0.29, 0.717) is 12.8 Å². The number of epoxide rings is 1. The summed E-state index contributed by atoms with van der Waals surface area (Å²) in [6.07, 6.45) is 1.50. The van der Waals surface area contributed by atoms with Crippen LogP contribution in [0.25, 0.3) is 0 Å². The fraction of sp³-hybridized carbons (Fsp3) is 0.625. The molecule has 8 heteroatoms. The predicted octanol–water partition coefficient (Wildman–Crippen LogP) is 2.54. The number of hydrogen-bond donors (Lipinski definition) is 1.